The Morgan fingerprint density at radius 2 is 1.73 bits per heavy atom. The third kappa shape index (κ3) is 7.15. The van der Waals surface area contributed by atoms with Crippen LogP contribution in [0.3, 0.4) is 0 Å². The van der Waals surface area contributed by atoms with Crippen LogP contribution in [-0.2, 0) is 25.6 Å². The Morgan fingerprint density at radius 1 is 1.04 bits per heavy atom. The largest absolute Gasteiger partial charge is 0.491 e. The molecular formula is C20H26O5S. The van der Waals surface area contributed by atoms with Crippen molar-refractivity contribution in [3.8, 4) is 5.75 Å². The standard InChI is InChI=1S/C20H26O5S/c1-16(25-26(4,21)22)18-11-8-12-19(13-18)23-15-20(2,3)24-14-17-9-6-5-7-10-17/h5-13,16H,14-15H2,1-4H3. The first-order chi connectivity index (χ1) is 12.1. The molecule has 2 rings (SSSR count). The predicted molar refractivity (Wildman–Crippen MR) is 102 cm³/mol. The van der Waals surface area contributed by atoms with Crippen LogP contribution in [0.15, 0.2) is 54.6 Å². The van der Waals surface area contributed by atoms with E-state index in [0.717, 1.165) is 17.4 Å². The molecule has 142 valence electrons. The lowest BCUT2D eigenvalue weighted by atomic mass is 10.1. The first-order valence-corrected chi connectivity index (χ1v) is 10.3. The van der Waals surface area contributed by atoms with Gasteiger partial charge in [0, 0.05) is 0 Å². The van der Waals surface area contributed by atoms with Crippen molar-refractivity contribution in [3.05, 3.63) is 65.7 Å². The maximum Gasteiger partial charge on any atom is 0.264 e. The summed E-state index contributed by atoms with van der Waals surface area (Å²) in [7, 11) is -3.51. The topological polar surface area (TPSA) is 61.8 Å². The predicted octanol–water partition coefficient (Wildman–Crippen LogP) is 4.10. The molecule has 0 heterocycles. The molecule has 1 atom stereocenters. The van der Waals surface area contributed by atoms with Gasteiger partial charge in [0.05, 0.1) is 24.6 Å². The second-order valence-electron chi connectivity index (χ2n) is 6.84. The molecule has 2 aromatic carbocycles. The van der Waals surface area contributed by atoms with Gasteiger partial charge in [0.15, 0.2) is 0 Å². The van der Waals surface area contributed by atoms with E-state index in [-0.39, 0.29) is 0 Å². The summed E-state index contributed by atoms with van der Waals surface area (Å²) in [5, 5.41) is 0. The van der Waals surface area contributed by atoms with E-state index in [4.69, 9.17) is 13.7 Å². The van der Waals surface area contributed by atoms with Crippen LogP contribution in [0.4, 0.5) is 0 Å². The monoisotopic (exact) mass is 378 g/mol. The molecule has 0 saturated carbocycles. The number of benzene rings is 2. The van der Waals surface area contributed by atoms with Gasteiger partial charge in [-0.1, -0.05) is 42.5 Å². The minimum atomic E-state index is -3.51. The van der Waals surface area contributed by atoms with E-state index in [9.17, 15) is 8.42 Å². The van der Waals surface area contributed by atoms with Gasteiger partial charge < -0.3 is 9.47 Å². The number of hydrogen-bond acceptors (Lipinski definition) is 5. The van der Waals surface area contributed by atoms with Gasteiger partial charge in [-0.25, -0.2) is 0 Å². The summed E-state index contributed by atoms with van der Waals surface area (Å²) in [4.78, 5) is 0. The third-order valence-electron chi connectivity index (χ3n) is 3.71. The fourth-order valence-electron chi connectivity index (χ4n) is 2.33. The molecule has 0 radical (unpaired) electrons. The zero-order valence-electron chi connectivity index (χ0n) is 15.6. The van der Waals surface area contributed by atoms with Crippen molar-refractivity contribution in [2.24, 2.45) is 0 Å². The summed E-state index contributed by atoms with van der Waals surface area (Å²) in [6, 6.07) is 17.2. The van der Waals surface area contributed by atoms with Crippen LogP contribution < -0.4 is 4.74 Å². The Balaban J connectivity index is 1.92. The summed E-state index contributed by atoms with van der Waals surface area (Å²) < 4.78 is 39.4. The maximum absolute atomic E-state index is 11.3. The minimum Gasteiger partial charge on any atom is -0.491 e. The first kappa shape index (κ1) is 20.4. The molecule has 0 N–H and O–H groups in total. The molecule has 6 heteroatoms. The van der Waals surface area contributed by atoms with Crippen LogP contribution >= 0.6 is 0 Å². The number of hydrogen-bond donors (Lipinski definition) is 0. The van der Waals surface area contributed by atoms with E-state index >= 15 is 0 Å². The maximum atomic E-state index is 11.3. The Labute approximate surface area is 156 Å². The van der Waals surface area contributed by atoms with E-state index in [1.165, 1.54) is 0 Å². The highest BCUT2D eigenvalue weighted by atomic mass is 32.2. The van der Waals surface area contributed by atoms with Crippen LogP contribution in [0.5, 0.6) is 5.75 Å². The van der Waals surface area contributed by atoms with Gasteiger partial charge in [-0.2, -0.15) is 8.42 Å². The smallest absolute Gasteiger partial charge is 0.264 e. The molecular weight excluding hydrogens is 352 g/mol. The van der Waals surface area contributed by atoms with Gasteiger partial charge in [0.25, 0.3) is 10.1 Å². The highest BCUT2D eigenvalue weighted by Gasteiger charge is 2.20. The van der Waals surface area contributed by atoms with E-state index in [2.05, 4.69) is 0 Å². The van der Waals surface area contributed by atoms with Crippen molar-refractivity contribution in [3.63, 3.8) is 0 Å². The molecule has 0 aliphatic carbocycles. The van der Waals surface area contributed by atoms with E-state index in [1.807, 2.05) is 56.3 Å². The molecule has 5 nitrogen and oxygen atoms in total. The molecule has 0 amide bonds. The van der Waals surface area contributed by atoms with Gasteiger partial charge in [-0.05, 0) is 44.0 Å². The normalized spacial score (nSPS) is 13.4. The van der Waals surface area contributed by atoms with Crippen molar-refractivity contribution in [2.45, 2.75) is 39.1 Å². The van der Waals surface area contributed by atoms with Gasteiger partial charge in [-0.3, -0.25) is 4.18 Å². The van der Waals surface area contributed by atoms with E-state index < -0.39 is 21.8 Å². The molecule has 0 saturated heterocycles. The van der Waals surface area contributed by atoms with Crippen molar-refractivity contribution < 1.29 is 22.1 Å². The zero-order valence-corrected chi connectivity index (χ0v) is 16.5. The molecule has 26 heavy (non-hydrogen) atoms. The number of ether oxygens (including phenoxy) is 2. The molecule has 0 bridgehead atoms. The average molecular weight is 378 g/mol. The second-order valence-corrected chi connectivity index (χ2v) is 8.44. The molecule has 1 unspecified atom stereocenters. The molecule has 0 aliphatic rings. The summed E-state index contributed by atoms with van der Waals surface area (Å²) in [5.74, 6) is 0.642. The summed E-state index contributed by atoms with van der Waals surface area (Å²) in [6.45, 7) is 6.50. The Morgan fingerprint density at radius 3 is 2.38 bits per heavy atom. The van der Waals surface area contributed by atoms with Gasteiger partial charge in [0.2, 0.25) is 0 Å². The quantitative estimate of drug-likeness (QED) is 0.615. The minimum absolute atomic E-state index is 0.366. The summed E-state index contributed by atoms with van der Waals surface area (Å²) >= 11 is 0. The van der Waals surface area contributed by atoms with Crippen molar-refractivity contribution >= 4 is 10.1 Å². The second kappa shape index (κ2) is 8.66. The fraction of sp³-hybridized carbons (Fsp3) is 0.400. The first-order valence-electron chi connectivity index (χ1n) is 8.43. The molecule has 2 aromatic rings. The van der Waals surface area contributed by atoms with Crippen LogP contribution in [-0.4, -0.2) is 26.9 Å². The van der Waals surface area contributed by atoms with Crippen LogP contribution in [0, 0.1) is 0 Å². The van der Waals surface area contributed by atoms with Crippen LogP contribution in [0.1, 0.15) is 38.0 Å². The lowest BCUT2D eigenvalue weighted by Crippen LogP contribution is -2.32. The average Bonchev–Trinajstić information content (AvgIpc) is 2.58. The van der Waals surface area contributed by atoms with Crippen LogP contribution in [0.25, 0.3) is 0 Å². The van der Waals surface area contributed by atoms with Crippen LogP contribution in [0.2, 0.25) is 0 Å². The molecule has 0 aliphatic heterocycles. The van der Waals surface area contributed by atoms with Gasteiger partial charge >= 0.3 is 0 Å². The Bertz CT molecular complexity index is 800. The highest BCUT2D eigenvalue weighted by molar-refractivity contribution is 7.86. The highest BCUT2D eigenvalue weighted by Crippen LogP contribution is 2.24. The van der Waals surface area contributed by atoms with E-state index in [1.54, 1.807) is 19.1 Å². The Hall–Kier alpha value is -1.89. The molecule has 0 fully saturated rings. The summed E-state index contributed by atoms with van der Waals surface area (Å²) in [5.41, 5.74) is 1.37. The fourth-order valence-corrected chi connectivity index (χ4v) is 2.96. The number of rotatable bonds is 9. The molecule has 0 aromatic heterocycles. The van der Waals surface area contributed by atoms with Crippen molar-refractivity contribution in [1.82, 2.24) is 0 Å². The SMILES string of the molecule is CC(OS(C)(=O)=O)c1cccc(OCC(C)(C)OCc2ccccc2)c1. The Kier molecular flexibility index (Phi) is 6.81. The lowest BCUT2D eigenvalue weighted by molar-refractivity contribution is -0.0569. The van der Waals surface area contributed by atoms with Gasteiger partial charge in [-0.15, -0.1) is 0 Å². The summed E-state index contributed by atoms with van der Waals surface area (Å²) in [6.07, 6.45) is 0.465. The lowest BCUT2D eigenvalue weighted by Gasteiger charge is -2.25. The van der Waals surface area contributed by atoms with Crippen molar-refractivity contribution in [1.29, 1.82) is 0 Å². The van der Waals surface area contributed by atoms with Crippen molar-refractivity contribution in [2.75, 3.05) is 12.9 Å². The van der Waals surface area contributed by atoms with Gasteiger partial charge in [0.1, 0.15) is 12.4 Å². The molecule has 0 spiro atoms. The third-order valence-corrected chi connectivity index (χ3v) is 4.34. The van der Waals surface area contributed by atoms with E-state index in [0.29, 0.717) is 19.0 Å². The zero-order chi connectivity index (χ0) is 19.2.